The number of rotatable bonds is 3. The predicted molar refractivity (Wildman–Crippen MR) is 101 cm³/mol. The Balaban J connectivity index is 2.24. The number of amides is 2. The van der Waals surface area contributed by atoms with Gasteiger partial charge in [0.05, 0.1) is 7.11 Å². The van der Waals surface area contributed by atoms with Crippen LogP contribution < -0.4 is 5.32 Å². The Morgan fingerprint density at radius 1 is 1.15 bits per heavy atom. The number of nitrogens with zero attached hydrogens (tertiary/aromatic N) is 1. The van der Waals surface area contributed by atoms with Crippen LogP contribution in [-0.2, 0) is 19.1 Å². The molecule has 0 unspecified atom stereocenters. The molecule has 2 fully saturated rings. The molecule has 27 heavy (non-hydrogen) atoms. The van der Waals surface area contributed by atoms with Crippen LogP contribution in [0.2, 0.25) is 0 Å². The van der Waals surface area contributed by atoms with E-state index in [1.54, 1.807) is 25.7 Å². The van der Waals surface area contributed by atoms with Gasteiger partial charge < -0.3 is 19.7 Å². The van der Waals surface area contributed by atoms with E-state index in [1.165, 1.54) is 7.11 Å². The summed E-state index contributed by atoms with van der Waals surface area (Å²) in [6.07, 6.45) is 3.07. The molecular weight excluding hydrogens is 348 g/mol. The lowest BCUT2D eigenvalue weighted by Gasteiger charge is -2.38. The van der Waals surface area contributed by atoms with Crippen molar-refractivity contribution in [3.8, 4) is 0 Å². The Morgan fingerprint density at radius 2 is 1.81 bits per heavy atom. The quantitative estimate of drug-likeness (QED) is 0.759. The molecule has 0 spiro atoms. The summed E-state index contributed by atoms with van der Waals surface area (Å²) in [5.74, 6) is 0.314. The van der Waals surface area contributed by atoms with E-state index >= 15 is 0 Å². The summed E-state index contributed by atoms with van der Waals surface area (Å²) in [5, 5.41) is 2.74. The number of hydrogen-bond donors (Lipinski definition) is 1. The average Bonchev–Trinajstić information content (AvgIpc) is 2.95. The van der Waals surface area contributed by atoms with Crippen LogP contribution >= 0.6 is 0 Å². The van der Waals surface area contributed by atoms with E-state index in [-0.39, 0.29) is 17.9 Å². The zero-order valence-corrected chi connectivity index (χ0v) is 17.4. The van der Waals surface area contributed by atoms with Crippen LogP contribution in [0.5, 0.6) is 0 Å². The van der Waals surface area contributed by atoms with E-state index < -0.39 is 23.8 Å². The maximum absolute atomic E-state index is 13.2. The number of nitrogens with one attached hydrogen (secondary N) is 1. The molecular formula is C20H34N2O5. The zero-order chi connectivity index (χ0) is 20.4. The third-order valence-corrected chi connectivity index (χ3v) is 5.56. The molecule has 0 aromatic rings. The minimum Gasteiger partial charge on any atom is -0.467 e. The van der Waals surface area contributed by atoms with Gasteiger partial charge in [-0.3, -0.25) is 4.79 Å². The molecule has 2 heterocycles. The van der Waals surface area contributed by atoms with E-state index in [1.807, 2.05) is 0 Å². The third kappa shape index (κ3) is 5.36. The fourth-order valence-corrected chi connectivity index (χ4v) is 4.16. The first-order valence-corrected chi connectivity index (χ1v) is 9.93. The summed E-state index contributed by atoms with van der Waals surface area (Å²) in [6.45, 7) is 9.71. The average molecular weight is 383 g/mol. The maximum Gasteiger partial charge on any atom is 0.408 e. The second-order valence-corrected chi connectivity index (χ2v) is 9.03. The molecule has 0 radical (unpaired) electrons. The van der Waals surface area contributed by atoms with Crippen molar-refractivity contribution < 1.29 is 23.9 Å². The lowest BCUT2D eigenvalue weighted by atomic mass is 9.82. The number of carbonyl (C=O) groups is 3. The van der Waals surface area contributed by atoms with Gasteiger partial charge in [0.25, 0.3) is 0 Å². The van der Waals surface area contributed by atoms with Gasteiger partial charge in [0.15, 0.2) is 0 Å². The highest BCUT2D eigenvalue weighted by molar-refractivity contribution is 5.90. The zero-order valence-electron chi connectivity index (χ0n) is 17.4. The van der Waals surface area contributed by atoms with E-state index in [2.05, 4.69) is 19.2 Å². The van der Waals surface area contributed by atoms with E-state index in [9.17, 15) is 14.4 Å². The highest BCUT2D eigenvalue weighted by atomic mass is 16.6. The number of methoxy groups -OCH3 is 1. The van der Waals surface area contributed by atoms with Gasteiger partial charge >= 0.3 is 12.1 Å². The van der Waals surface area contributed by atoms with Gasteiger partial charge in [0.2, 0.25) is 5.91 Å². The van der Waals surface area contributed by atoms with Gasteiger partial charge in [-0.1, -0.05) is 13.8 Å². The van der Waals surface area contributed by atoms with Crippen LogP contribution in [-0.4, -0.2) is 53.7 Å². The number of esters is 1. The molecule has 2 amide bonds. The van der Waals surface area contributed by atoms with Crippen LogP contribution in [0.15, 0.2) is 0 Å². The maximum atomic E-state index is 13.2. The summed E-state index contributed by atoms with van der Waals surface area (Å²) in [5.41, 5.74) is -0.639. The molecule has 7 heteroatoms. The van der Waals surface area contributed by atoms with Gasteiger partial charge in [-0.05, 0) is 64.7 Å². The standard InChI is InChI=1S/C20H34N2O5/c1-12(2)13-7-9-15(21-19(25)27-20(3,4)5)17(23)22-14(11-13)8-10-16(22)18(24)26-6/h12-16H,7-11H2,1-6H3,(H,21,25)/t13-,14-,15+,16+/m1/s1. The van der Waals surface area contributed by atoms with Crippen LogP contribution in [0.4, 0.5) is 4.79 Å². The molecule has 0 saturated carbocycles. The van der Waals surface area contributed by atoms with Crippen LogP contribution in [0.1, 0.15) is 66.7 Å². The molecule has 0 aliphatic carbocycles. The monoisotopic (exact) mass is 382 g/mol. The van der Waals surface area contributed by atoms with Crippen LogP contribution in [0.3, 0.4) is 0 Å². The van der Waals surface area contributed by atoms with Crippen molar-refractivity contribution >= 4 is 18.0 Å². The smallest absolute Gasteiger partial charge is 0.408 e. The van der Waals surface area contributed by atoms with E-state index in [4.69, 9.17) is 9.47 Å². The first-order chi connectivity index (χ1) is 12.5. The predicted octanol–water partition coefficient (Wildman–Crippen LogP) is 2.87. The number of carbonyl (C=O) groups excluding carboxylic acids is 3. The Labute approximate surface area is 162 Å². The fourth-order valence-electron chi connectivity index (χ4n) is 4.16. The SMILES string of the molecule is COC(=O)[C@@H]1CC[C@@H]2C[C@H](C(C)C)CC[C@H](NC(=O)OC(C)(C)C)C(=O)N21. The Kier molecular flexibility index (Phi) is 6.76. The topological polar surface area (TPSA) is 84.9 Å². The number of ether oxygens (including phenoxy) is 2. The molecule has 2 saturated heterocycles. The molecule has 0 aromatic carbocycles. The minimum absolute atomic E-state index is 0.0113. The van der Waals surface area contributed by atoms with Gasteiger partial charge in [-0.15, -0.1) is 0 Å². The largest absolute Gasteiger partial charge is 0.467 e. The third-order valence-electron chi connectivity index (χ3n) is 5.56. The first kappa shape index (κ1) is 21.5. The summed E-state index contributed by atoms with van der Waals surface area (Å²) >= 11 is 0. The van der Waals surface area contributed by atoms with Gasteiger partial charge in [-0.25, -0.2) is 9.59 Å². The van der Waals surface area contributed by atoms with Crippen LogP contribution in [0.25, 0.3) is 0 Å². The summed E-state index contributed by atoms with van der Waals surface area (Å²) < 4.78 is 10.2. The van der Waals surface area contributed by atoms with Crippen molar-refractivity contribution in [3.63, 3.8) is 0 Å². The Morgan fingerprint density at radius 3 is 2.37 bits per heavy atom. The second kappa shape index (κ2) is 8.48. The highest BCUT2D eigenvalue weighted by Gasteiger charge is 2.46. The Bertz CT molecular complexity index is 569. The van der Waals surface area contributed by atoms with Gasteiger partial charge in [-0.2, -0.15) is 0 Å². The summed E-state index contributed by atoms with van der Waals surface area (Å²) in [4.78, 5) is 39.4. The first-order valence-electron chi connectivity index (χ1n) is 9.93. The lowest BCUT2D eigenvalue weighted by molar-refractivity contribution is -0.153. The molecule has 2 rings (SSSR count). The van der Waals surface area contributed by atoms with Crippen molar-refractivity contribution in [2.45, 2.75) is 90.4 Å². The molecule has 2 aliphatic heterocycles. The fraction of sp³-hybridized carbons (Fsp3) is 0.850. The van der Waals surface area contributed by atoms with E-state index in [0.717, 1.165) is 19.3 Å². The molecule has 4 atom stereocenters. The molecule has 154 valence electrons. The normalized spacial score (nSPS) is 29.0. The van der Waals surface area contributed by atoms with Crippen molar-refractivity contribution in [3.05, 3.63) is 0 Å². The summed E-state index contributed by atoms with van der Waals surface area (Å²) in [6, 6.07) is -1.24. The van der Waals surface area contributed by atoms with Crippen molar-refractivity contribution in [1.29, 1.82) is 0 Å². The van der Waals surface area contributed by atoms with Gasteiger partial charge in [0, 0.05) is 6.04 Å². The molecule has 1 N–H and O–H groups in total. The molecule has 0 aromatic heterocycles. The van der Waals surface area contributed by atoms with Crippen LogP contribution in [0, 0.1) is 11.8 Å². The van der Waals surface area contributed by atoms with Crippen molar-refractivity contribution in [1.82, 2.24) is 10.2 Å². The number of fused-ring (bicyclic) bond motifs is 1. The number of hydrogen-bond acceptors (Lipinski definition) is 5. The minimum atomic E-state index is -0.686. The summed E-state index contributed by atoms with van der Waals surface area (Å²) in [7, 11) is 1.34. The Hall–Kier alpha value is -1.79. The molecule has 0 bridgehead atoms. The lowest BCUT2D eigenvalue weighted by Crippen LogP contribution is -2.56. The number of alkyl carbamates (subject to hydrolysis) is 1. The highest BCUT2D eigenvalue weighted by Crippen LogP contribution is 2.36. The van der Waals surface area contributed by atoms with Crippen molar-refractivity contribution in [2.24, 2.45) is 11.8 Å². The molecule has 7 nitrogen and oxygen atoms in total. The van der Waals surface area contributed by atoms with E-state index in [0.29, 0.717) is 24.7 Å². The molecule has 2 aliphatic rings. The van der Waals surface area contributed by atoms with Crippen molar-refractivity contribution in [2.75, 3.05) is 7.11 Å². The second-order valence-electron chi connectivity index (χ2n) is 9.03. The van der Waals surface area contributed by atoms with Gasteiger partial charge in [0.1, 0.15) is 17.7 Å².